The first-order chi connectivity index (χ1) is 27.1. The van der Waals surface area contributed by atoms with E-state index >= 15 is 0 Å². The van der Waals surface area contributed by atoms with E-state index in [9.17, 15) is 29.1 Å². The number of ketones is 1. The first-order valence-electron chi connectivity index (χ1n) is 20.6. The third-order valence-corrected chi connectivity index (χ3v) is 11.7. The van der Waals surface area contributed by atoms with Crippen LogP contribution in [0.5, 0.6) is 0 Å². The standard InChI is InChI=1S/C42H70N6O9/c1-11-26(4)37(47(8)42(54)35(25(2)3)46-40(52)36(43-7)28(6)49)34(55-9)24-33(50)30-19-20-31(44-30)38(56-10)27(5)39(51)45-32(23-29-17-13-12-14-18-29)41(53)48-21-15-16-22-57-48/h12-14,17-18,25-28,30-32,34-38,43-44,49H,11,15-16,19-24H2,1-10H3,(H,45,51)(H,46,52)/t26-,27+,28?,30?,31-,32-,34+,35-,36-,37-,38+/m0/s1. The van der Waals surface area contributed by atoms with E-state index in [-0.39, 0.29) is 47.8 Å². The van der Waals surface area contributed by atoms with Crippen LogP contribution in [0.1, 0.15) is 85.6 Å². The van der Waals surface area contributed by atoms with Crippen molar-refractivity contribution < 1.29 is 43.4 Å². The Morgan fingerprint density at radius 3 is 2.19 bits per heavy atom. The van der Waals surface area contributed by atoms with Gasteiger partial charge in [0.2, 0.25) is 17.7 Å². The molecule has 0 saturated carbocycles. The maximum absolute atomic E-state index is 14.1. The molecule has 0 spiro atoms. The second-order valence-electron chi connectivity index (χ2n) is 16.1. The molecule has 15 nitrogen and oxygen atoms in total. The number of amides is 4. The molecule has 2 heterocycles. The van der Waals surface area contributed by atoms with Gasteiger partial charge in [0, 0.05) is 46.7 Å². The van der Waals surface area contributed by atoms with Gasteiger partial charge in [-0.15, -0.1) is 0 Å². The Labute approximate surface area is 339 Å². The van der Waals surface area contributed by atoms with E-state index in [4.69, 9.17) is 14.3 Å². The predicted octanol–water partition coefficient (Wildman–Crippen LogP) is 2.00. The Hall–Kier alpha value is -3.47. The van der Waals surface area contributed by atoms with E-state index in [1.165, 1.54) is 19.1 Å². The molecule has 57 heavy (non-hydrogen) atoms. The molecule has 5 N–H and O–H groups in total. The summed E-state index contributed by atoms with van der Waals surface area (Å²) in [4.78, 5) is 75.7. The maximum atomic E-state index is 14.1. The Balaban J connectivity index is 1.71. The van der Waals surface area contributed by atoms with E-state index < -0.39 is 60.3 Å². The van der Waals surface area contributed by atoms with Crippen LogP contribution in [0.2, 0.25) is 0 Å². The lowest BCUT2D eigenvalue weighted by Crippen LogP contribution is -2.60. The van der Waals surface area contributed by atoms with Crippen molar-refractivity contribution in [1.29, 1.82) is 0 Å². The second kappa shape index (κ2) is 23.2. The number of ether oxygens (including phenoxy) is 2. The van der Waals surface area contributed by atoms with Crippen LogP contribution in [0.25, 0.3) is 0 Å². The fourth-order valence-electron chi connectivity index (χ4n) is 8.09. The van der Waals surface area contributed by atoms with Crippen LogP contribution in [0.15, 0.2) is 30.3 Å². The molecule has 11 atom stereocenters. The minimum atomic E-state index is -0.969. The Bertz CT molecular complexity index is 1440. The number of hydrogen-bond acceptors (Lipinski definition) is 11. The zero-order valence-electron chi connectivity index (χ0n) is 35.8. The highest BCUT2D eigenvalue weighted by molar-refractivity contribution is 5.91. The van der Waals surface area contributed by atoms with Gasteiger partial charge in [0.1, 0.15) is 18.1 Å². The molecule has 1 aromatic rings. The van der Waals surface area contributed by atoms with Crippen LogP contribution in [-0.2, 0) is 44.7 Å². The van der Waals surface area contributed by atoms with Gasteiger partial charge in [0.15, 0.2) is 5.78 Å². The third kappa shape index (κ3) is 13.0. The molecule has 0 aromatic heterocycles. The molecule has 2 saturated heterocycles. The summed E-state index contributed by atoms with van der Waals surface area (Å²) in [5, 5.41) is 23.5. The summed E-state index contributed by atoms with van der Waals surface area (Å²) < 4.78 is 11.9. The summed E-state index contributed by atoms with van der Waals surface area (Å²) in [7, 11) is 6.33. The average Bonchev–Trinajstić information content (AvgIpc) is 3.69. The quantitative estimate of drug-likeness (QED) is 0.115. The summed E-state index contributed by atoms with van der Waals surface area (Å²) in [5.74, 6) is -2.48. The molecule has 0 aliphatic carbocycles. The number of carbonyl (C=O) groups is 5. The largest absolute Gasteiger partial charge is 0.391 e. The monoisotopic (exact) mass is 803 g/mol. The lowest BCUT2D eigenvalue weighted by Gasteiger charge is -2.40. The highest BCUT2D eigenvalue weighted by Crippen LogP contribution is 2.27. The van der Waals surface area contributed by atoms with Crippen molar-refractivity contribution in [1.82, 2.24) is 31.2 Å². The molecule has 0 bridgehead atoms. The number of benzene rings is 1. The number of hydrogen-bond donors (Lipinski definition) is 5. The molecule has 2 fully saturated rings. The van der Waals surface area contributed by atoms with Crippen molar-refractivity contribution in [3.63, 3.8) is 0 Å². The van der Waals surface area contributed by atoms with Crippen LogP contribution in [0.4, 0.5) is 0 Å². The predicted molar refractivity (Wildman–Crippen MR) is 217 cm³/mol. The number of nitrogens with one attached hydrogen (secondary N) is 4. The topological polar surface area (TPSA) is 188 Å². The number of rotatable bonds is 22. The Kier molecular flexibility index (Phi) is 19.5. The van der Waals surface area contributed by atoms with Gasteiger partial charge in [0.05, 0.1) is 42.9 Å². The van der Waals surface area contributed by atoms with Crippen molar-refractivity contribution in [2.24, 2.45) is 17.8 Å². The van der Waals surface area contributed by atoms with Gasteiger partial charge >= 0.3 is 0 Å². The average molecular weight is 803 g/mol. The van der Waals surface area contributed by atoms with Gasteiger partial charge in [0.25, 0.3) is 5.91 Å². The van der Waals surface area contributed by atoms with Crippen molar-refractivity contribution in [2.75, 3.05) is 41.5 Å². The number of nitrogens with zero attached hydrogens (tertiary/aromatic N) is 2. The first kappa shape index (κ1) is 47.9. The summed E-state index contributed by atoms with van der Waals surface area (Å²) >= 11 is 0. The molecule has 2 unspecified atom stereocenters. The van der Waals surface area contributed by atoms with Gasteiger partial charge in [-0.2, -0.15) is 0 Å². The SMILES string of the molecule is CC[C@H](C)[C@@H]([C@@H](CC(=O)C1CC[C@@H]([C@H](OC)[C@@H](C)C(=O)N[C@@H](Cc2ccccc2)C(=O)N2CCCCO2)N1)OC)N(C)C(=O)[C@@H](NC(=O)[C@@H](NC)C(C)O)C(C)C. The minimum Gasteiger partial charge on any atom is -0.391 e. The molecular formula is C42H70N6O9. The van der Waals surface area contributed by atoms with Gasteiger partial charge < -0.3 is 40.7 Å². The fourth-order valence-corrected chi connectivity index (χ4v) is 8.09. The molecule has 4 amide bonds. The number of carbonyl (C=O) groups excluding carboxylic acids is 5. The number of hydroxylamine groups is 2. The molecule has 0 radical (unpaired) electrons. The first-order valence-corrected chi connectivity index (χ1v) is 20.6. The smallest absolute Gasteiger partial charge is 0.269 e. The van der Waals surface area contributed by atoms with E-state index in [0.717, 1.165) is 18.4 Å². The lowest BCUT2D eigenvalue weighted by molar-refractivity contribution is -0.199. The van der Waals surface area contributed by atoms with Crippen LogP contribution < -0.4 is 21.3 Å². The summed E-state index contributed by atoms with van der Waals surface area (Å²) in [6.07, 6.45) is 1.66. The Morgan fingerprint density at radius 1 is 0.965 bits per heavy atom. The van der Waals surface area contributed by atoms with E-state index in [1.54, 1.807) is 33.0 Å². The van der Waals surface area contributed by atoms with E-state index in [1.807, 2.05) is 58.0 Å². The summed E-state index contributed by atoms with van der Waals surface area (Å²) in [6, 6.07) is 5.61. The number of methoxy groups -OCH3 is 2. The maximum Gasteiger partial charge on any atom is 0.269 e. The van der Waals surface area contributed by atoms with Crippen molar-refractivity contribution in [2.45, 2.75) is 141 Å². The third-order valence-electron chi connectivity index (χ3n) is 11.7. The fraction of sp³-hybridized carbons (Fsp3) is 0.738. The van der Waals surface area contributed by atoms with Crippen LogP contribution >= 0.6 is 0 Å². The molecule has 3 rings (SSSR count). The number of likely N-dealkylation sites (N-methyl/N-ethyl adjacent to an activating group) is 2. The number of aliphatic hydroxyl groups is 1. The normalized spacial score (nSPS) is 22.0. The molecule has 2 aliphatic rings. The van der Waals surface area contributed by atoms with E-state index in [2.05, 4.69) is 21.3 Å². The lowest BCUT2D eigenvalue weighted by atomic mass is 9.88. The van der Waals surface area contributed by atoms with Crippen LogP contribution in [0.3, 0.4) is 0 Å². The van der Waals surface area contributed by atoms with Crippen LogP contribution in [-0.4, -0.2) is 141 Å². The van der Waals surface area contributed by atoms with Gasteiger partial charge in [-0.3, -0.25) is 28.8 Å². The zero-order valence-corrected chi connectivity index (χ0v) is 35.8. The molecule has 15 heteroatoms. The molecule has 2 aliphatic heterocycles. The molecule has 322 valence electrons. The van der Waals surface area contributed by atoms with Gasteiger partial charge in [-0.25, -0.2) is 5.06 Å². The van der Waals surface area contributed by atoms with Crippen LogP contribution in [0, 0.1) is 17.8 Å². The van der Waals surface area contributed by atoms with Crippen molar-refractivity contribution in [3.05, 3.63) is 35.9 Å². The summed E-state index contributed by atoms with van der Waals surface area (Å²) in [5.41, 5.74) is 0.908. The highest BCUT2D eigenvalue weighted by atomic mass is 16.7. The molecule has 1 aromatic carbocycles. The van der Waals surface area contributed by atoms with Gasteiger partial charge in [-0.05, 0) is 57.1 Å². The molecular weight excluding hydrogens is 732 g/mol. The second-order valence-corrected chi connectivity index (χ2v) is 16.1. The van der Waals surface area contributed by atoms with Gasteiger partial charge in [-0.1, -0.05) is 71.4 Å². The Morgan fingerprint density at radius 2 is 1.65 bits per heavy atom. The van der Waals surface area contributed by atoms with Crippen molar-refractivity contribution >= 4 is 29.4 Å². The highest BCUT2D eigenvalue weighted by Gasteiger charge is 2.42. The van der Waals surface area contributed by atoms with Crippen molar-refractivity contribution in [3.8, 4) is 0 Å². The zero-order chi connectivity index (χ0) is 42.4. The van der Waals surface area contributed by atoms with E-state index in [0.29, 0.717) is 38.8 Å². The number of Topliss-reactive ketones (excluding diaryl/α,β-unsaturated/α-hetero) is 1. The number of aliphatic hydroxyl groups excluding tert-OH is 1. The minimum absolute atomic E-state index is 0.0333. The summed E-state index contributed by atoms with van der Waals surface area (Å²) in [6.45, 7) is 11.9.